The third-order valence-corrected chi connectivity index (χ3v) is 5.85. The average Bonchev–Trinajstić information content (AvgIpc) is 2.85. The van der Waals surface area contributed by atoms with Gasteiger partial charge in [-0.25, -0.2) is 0 Å². The van der Waals surface area contributed by atoms with E-state index in [1.807, 2.05) is 12.1 Å². The molecule has 0 N–H and O–H groups in total. The number of hydrogen-bond acceptors (Lipinski definition) is 0. The Morgan fingerprint density at radius 1 is 0.355 bits per heavy atom. The minimum Gasteiger partial charge on any atom is -0.0836 e. The first-order chi connectivity index (χ1) is 15.3. The van der Waals surface area contributed by atoms with Gasteiger partial charge in [-0.3, -0.25) is 0 Å². The Bertz CT molecular complexity index is 1290. The zero-order chi connectivity index (χ0) is 21.0. The van der Waals surface area contributed by atoms with Gasteiger partial charge < -0.3 is 0 Å². The first kappa shape index (κ1) is 19.4. The SMILES string of the molecule is Clc1cc(-c2ccccc2)c(-c2ccccc2)c(-c2ccccc2)c1-c1ccccc1. The highest BCUT2D eigenvalue weighted by molar-refractivity contribution is 6.35. The molecule has 0 saturated heterocycles. The highest BCUT2D eigenvalue weighted by Gasteiger charge is 2.21. The molecule has 31 heavy (non-hydrogen) atoms. The van der Waals surface area contributed by atoms with Crippen molar-refractivity contribution >= 4 is 11.6 Å². The van der Waals surface area contributed by atoms with Crippen LogP contribution in [0.5, 0.6) is 0 Å². The molecule has 0 atom stereocenters. The Labute approximate surface area is 188 Å². The van der Waals surface area contributed by atoms with E-state index >= 15 is 0 Å². The van der Waals surface area contributed by atoms with E-state index in [0.29, 0.717) is 0 Å². The molecule has 0 aliphatic rings. The highest BCUT2D eigenvalue weighted by Crippen LogP contribution is 2.48. The molecule has 0 bridgehead atoms. The molecule has 0 aliphatic carbocycles. The summed E-state index contributed by atoms with van der Waals surface area (Å²) in [5.74, 6) is 0. The summed E-state index contributed by atoms with van der Waals surface area (Å²) in [4.78, 5) is 0. The summed E-state index contributed by atoms with van der Waals surface area (Å²) in [6.45, 7) is 0. The molecule has 0 radical (unpaired) electrons. The lowest BCUT2D eigenvalue weighted by Crippen LogP contribution is -1.95. The average molecular weight is 417 g/mol. The van der Waals surface area contributed by atoms with E-state index in [-0.39, 0.29) is 0 Å². The summed E-state index contributed by atoms with van der Waals surface area (Å²) in [6, 6.07) is 44.2. The van der Waals surface area contributed by atoms with Gasteiger partial charge in [0.2, 0.25) is 0 Å². The van der Waals surface area contributed by atoms with Gasteiger partial charge >= 0.3 is 0 Å². The van der Waals surface area contributed by atoms with E-state index in [9.17, 15) is 0 Å². The smallest absolute Gasteiger partial charge is 0.0497 e. The molecular weight excluding hydrogens is 396 g/mol. The fourth-order valence-electron chi connectivity index (χ4n) is 4.18. The minimum absolute atomic E-state index is 0.753. The first-order valence-corrected chi connectivity index (χ1v) is 10.8. The Balaban J connectivity index is 1.95. The Hall–Kier alpha value is -3.61. The van der Waals surface area contributed by atoms with Crippen LogP contribution in [0.2, 0.25) is 5.02 Å². The van der Waals surface area contributed by atoms with Crippen LogP contribution in [0, 0.1) is 0 Å². The molecule has 0 spiro atoms. The second-order valence-corrected chi connectivity index (χ2v) is 7.90. The second kappa shape index (κ2) is 8.63. The van der Waals surface area contributed by atoms with Crippen molar-refractivity contribution in [2.75, 3.05) is 0 Å². The van der Waals surface area contributed by atoms with Gasteiger partial charge in [-0.05, 0) is 45.0 Å². The summed E-state index contributed by atoms with van der Waals surface area (Å²) in [5.41, 5.74) is 9.14. The lowest BCUT2D eigenvalue weighted by molar-refractivity contribution is 1.54. The van der Waals surface area contributed by atoms with E-state index in [4.69, 9.17) is 11.6 Å². The lowest BCUT2D eigenvalue weighted by Gasteiger charge is -2.22. The van der Waals surface area contributed by atoms with E-state index in [1.165, 1.54) is 11.1 Å². The molecule has 148 valence electrons. The second-order valence-electron chi connectivity index (χ2n) is 7.50. The fourth-order valence-corrected chi connectivity index (χ4v) is 4.49. The molecule has 5 aromatic rings. The van der Waals surface area contributed by atoms with Crippen molar-refractivity contribution in [1.82, 2.24) is 0 Å². The van der Waals surface area contributed by atoms with Gasteiger partial charge in [0.1, 0.15) is 0 Å². The number of rotatable bonds is 4. The lowest BCUT2D eigenvalue weighted by atomic mass is 9.83. The minimum atomic E-state index is 0.753. The maximum atomic E-state index is 7.03. The highest BCUT2D eigenvalue weighted by atomic mass is 35.5. The normalized spacial score (nSPS) is 10.7. The van der Waals surface area contributed by atoms with Crippen molar-refractivity contribution in [3.63, 3.8) is 0 Å². The maximum absolute atomic E-state index is 7.03. The van der Waals surface area contributed by atoms with E-state index in [2.05, 4.69) is 115 Å². The van der Waals surface area contributed by atoms with Crippen LogP contribution < -0.4 is 0 Å². The van der Waals surface area contributed by atoms with Crippen molar-refractivity contribution < 1.29 is 0 Å². The van der Waals surface area contributed by atoms with E-state index < -0.39 is 0 Å². The molecular formula is C30H21Cl. The van der Waals surface area contributed by atoms with Crippen LogP contribution in [0.15, 0.2) is 127 Å². The van der Waals surface area contributed by atoms with Gasteiger partial charge in [-0.2, -0.15) is 0 Å². The summed E-state index contributed by atoms with van der Waals surface area (Å²) < 4.78 is 0. The standard InChI is InChI=1S/C30H21Cl/c31-27-21-26(22-13-5-1-6-14-22)28(23-15-7-2-8-16-23)30(25-19-11-4-12-20-25)29(27)24-17-9-3-10-18-24/h1-21H. The summed E-state index contributed by atoms with van der Waals surface area (Å²) >= 11 is 7.03. The number of hydrogen-bond donors (Lipinski definition) is 0. The number of halogens is 1. The van der Waals surface area contributed by atoms with Crippen LogP contribution in [-0.4, -0.2) is 0 Å². The Morgan fingerprint density at radius 2 is 0.710 bits per heavy atom. The predicted molar refractivity (Wildman–Crippen MR) is 133 cm³/mol. The molecule has 0 aromatic heterocycles. The van der Waals surface area contributed by atoms with Gasteiger partial charge in [0, 0.05) is 10.6 Å². The molecule has 0 fully saturated rings. The van der Waals surface area contributed by atoms with Gasteiger partial charge in [0.25, 0.3) is 0 Å². The van der Waals surface area contributed by atoms with Crippen molar-refractivity contribution in [1.29, 1.82) is 0 Å². The third-order valence-electron chi connectivity index (χ3n) is 5.55. The fraction of sp³-hybridized carbons (Fsp3) is 0. The monoisotopic (exact) mass is 416 g/mol. The van der Waals surface area contributed by atoms with Crippen LogP contribution in [0.1, 0.15) is 0 Å². The van der Waals surface area contributed by atoms with Crippen molar-refractivity contribution in [3.05, 3.63) is 132 Å². The van der Waals surface area contributed by atoms with Crippen LogP contribution >= 0.6 is 11.6 Å². The molecule has 5 rings (SSSR count). The summed E-state index contributed by atoms with van der Waals surface area (Å²) in [7, 11) is 0. The van der Waals surface area contributed by atoms with Crippen molar-refractivity contribution in [2.45, 2.75) is 0 Å². The molecule has 0 nitrogen and oxygen atoms in total. The Morgan fingerprint density at radius 3 is 1.16 bits per heavy atom. The van der Waals surface area contributed by atoms with Crippen molar-refractivity contribution in [3.8, 4) is 44.5 Å². The molecule has 1 heteroatoms. The summed E-state index contributed by atoms with van der Waals surface area (Å²) in [6.07, 6.45) is 0. The largest absolute Gasteiger partial charge is 0.0836 e. The first-order valence-electron chi connectivity index (χ1n) is 10.4. The summed E-state index contributed by atoms with van der Waals surface area (Å²) in [5, 5.41) is 0.753. The number of benzene rings is 5. The zero-order valence-electron chi connectivity index (χ0n) is 17.0. The third kappa shape index (κ3) is 3.79. The van der Waals surface area contributed by atoms with Crippen LogP contribution in [0.25, 0.3) is 44.5 Å². The molecule has 0 heterocycles. The van der Waals surface area contributed by atoms with Gasteiger partial charge in [0.05, 0.1) is 0 Å². The molecule has 0 unspecified atom stereocenters. The van der Waals surface area contributed by atoms with Crippen LogP contribution in [0.3, 0.4) is 0 Å². The molecule has 0 amide bonds. The van der Waals surface area contributed by atoms with Crippen molar-refractivity contribution in [2.24, 2.45) is 0 Å². The quantitative estimate of drug-likeness (QED) is 0.274. The Kier molecular flexibility index (Phi) is 5.39. The zero-order valence-corrected chi connectivity index (χ0v) is 17.8. The topological polar surface area (TPSA) is 0 Å². The van der Waals surface area contributed by atoms with E-state index in [0.717, 1.165) is 38.4 Å². The van der Waals surface area contributed by atoms with Crippen LogP contribution in [-0.2, 0) is 0 Å². The van der Waals surface area contributed by atoms with Gasteiger partial charge in [-0.1, -0.05) is 133 Å². The molecule has 0 saturated carbocycles. The predicted octanol–water partition coefficient (Wildman–Crippen LogP) is 9.01. The molecule has 5 aromatic carbocycles. The van der Waals surface area contributed by atoms with E-state index in [1.54, 1.807) is 0 Å². The maximum Gasteiger partial charge on any atom is 0.0497 e. The van der Waals surface area contributed by atoms with Gasteiger partial charge in [-0.15, -0.1) is 0 Å². The molecule has 0 aliphatic heterocycles. The van der Waals surface area contributed by atoms with Gasteiger partial charge in [0.15, 0.2) is 0 Å². The van der Waals surface area contributed by atoms with Crippen LogP contribution in [0.4, 0.5) is 0 Å².